The second-order valence-corrected chi connectivity index (χ2v) is 7.38. The van der Waals surface area contributed by atoms with E-state index in [0.29, 0.717) is 11.6 Å². The predicted molar refractivity (Wildman–Crippen MR) is 81.4 cm³/mol. The monoisotopic (exact) mass is 309 g/mol. The molecule has 0 unspecified atom stereocenters. The maximum absolute atomic E-state index is 12.1. The molecule has 4 nitrogen and oxygen atoms in total. The number of nitrogens with zero attached hydrogens (tertiary/aromatic N) is 2. The molecule has 0 saturated carbocycles. The van der Waals surface area contributed by atoms with Crippen molar-refractivity contribution in [2.45, 2.75) is 23.9 Å². The van der Waals surface area contributed by atoms with Crippen molar-refractivity contribution in [1.29, 1.82) is 0 Å². The quantitative estimate of drug-likeness (QED) is 0.754. The van der Waals surface area contributed by atoms with Gasteiger partial charge in [-0.3, -0.25) is 4.79 Å². The summed E-state index contributed by atoms with van der Waals surface area (Å²) in [6.45, 7) is 3.99. The van der Waals surface area contributed by atoms with Gasteiger partial charge in [-0.1, -0.05) is 11.8 Å². The molecule has 98 valence electrons. The smallest absolute Gasteiger partial charge is 0.259 e. The third-order valence-electron chi connectivity index (χ3n) is 2.83. The van der Waals surface area contributed by atoms with Gasteiger partial charge in [0.1, 0.15) is 15.0 Å². The van der Waals surface area contributed by atoms with E-state index in [-0.39, 0.29) is 5.56 Å². The lowest BCUT2D eigenvalue weighted by Gasteiger charge is -1.99. The van der Waals surface area contributed by atoms with E-state index in [9.17, 15) is 4.79 Å². The van der Waals surface area contributed by atoms with Gasteiger partial charge in [0, 0.05) is 16.5 Å². The predicted octanol–water partition coefficient (Wildman–Crippen LogP) is 3.35. The summed E-state index contributed by atoms with van der Waals surface area (Å²) in [5.41, 5.74) is 0.995. The highest BCUT2D eigenvalue weighted by molar-refractivity contribution is 8.00. The van der Waals surface area contributed by atoms with Gasteiger partial charge in [-0.2, -0.15) is 0 Å². The topological polar surface area (TPSA) is 58.6 Å². The van der Waals surface area contributed by atoms with Crippen LogP contribution in [0.4, 0.5) is 0 Å². The van der Waals surface area contributed by atoms with E-state index in [0.717, 1.165) is 25.0 Å². The number of thioether (sulfide) groups is 1. The first-order valence-electron chi connectivity index (χ1n) is 5.66. The maximum Gasteiger partial charge on any atom is 0.259 e. The molecule has 0 bridgehead atoms. The van der Waals surface area contributed by atoms with Crippen LogP contribution in [-0.2, 0) is 5.75 Å². The van der Waals surface area contributed by atoms with Crippen LogP contribution in [0.15, 0.2) is 20.7 Å². The van der Waals surface area contributed by atoms with Crippen LogP contribution in [0.5, 0.6) is 0 Å². The molecule has 3 rings (SSSR count). The van der Waals surface area contributed by atoms with Crippen LogP contribution in [0.1, 0.15) is 16.3 Å². The van der Waals surface area contributed by atoms with E-state index in [2.05, 4.69) is 15.0 Å². The highest BCUT2D eigenvalue weighted by atomic mass is 32.2. The number of thiazole rings is 1. The summed E-state index contributed by atoms with van der Waals surface area (Å²) in [5.74, 6) is 1.34. The SMILES string of the molecule is Cc1sc2nc(CSc3nccs3)[nH]c(=O)c2c1C. The van der Waals surface area contributed by atoms with Crippen molar-refractivity contribution in [3.05, 3.63) is 38.2 Å². The molecule has 0 fully saturated rings. The maximum atomic E-state index is 12.1. The van der Waals surface area contributed by atoms with Gasteiger partial charge in [0.25, 0.3) is 5.56 Å². The van der Waals surface area contributed by atoms with Crippen molar-refractivity contribution in [2.24, 2.45) is 0 Å². The minimum absolute atomic E-state index is 0.0402. The molecule has 0 amide bonds. The van der Waals surface area contributed by atoms with Gasteiger partial charge in [-0.25, -0.2) is 9.97 Å². The Morgan fingerprint density at radius 3 is 3.00 bits per heavy atom. The molecule has 0 atom stereocenters. The van der Waals surface area contributed by atoms with Gasteiger partial charge in [-0.05, 0) is 19.4 Å². The normalized spacial score (nSPS) is 11.3. The Morgan fingerprint density at radius 1 is 1.42 bits per heavy atom. The first-order chi connectivity index (χ1) is 9.15. The Kier molecular flexibility index (Phi) is 3.42. The van der Waals surface area contributed by atoms with Crippen molar-refractivity contribution in [3.8, 4) is 0 Å². The number of hydrogen-bond donors (Lipinski definition) is 1. The average molecular weight is 309 g/mol. The third-order valence-corrected chi connectivity index (χ3v) is 5.91. The van der Waals surface area contributed by atoms with Crippen LogP contribution in [0.3, 0.4) is 0 Å². The van der Waals surface area contributed by atoms with Crippen LogP contribution in [-0.4, -0.2) is 15.0 Å². The second kappa shape index (κ2) is 5.07. The molecule has 0 aromatic carbocycles. The molecule has 0 aliphatic heterocycles. The van der Waals surface area contributed by atoms with Crippen molar-refractivity contribution >= 4 is 44.7 Å². The zero-order valence-corrected chi connectivity index (χ0v) is 12.8. The molecule has 0 spiro atoms. The lowest BCUT2D eigenvalue weighted by atomic mass is 10.2. The number of rotatable bonds is 3. The van der Waals surface area contributed by atoms with Crippen LogP contribution in [0.25, 0.3) is 10.2 Å². The Bertz CT molecular complexity index is 773. The molecular weight excluding hydrogens is 298 g/mol. The number of aromatic nitrogens is 3. The van der Waals surface area contributed by atoms with E-state index in [4.69, 9.17) is 0 Å². The van der Waals surface area contributed by atoms with Crippen molar-refractivity contribution in [2.75, 3.05) is 0 Å². The van der Waals surface area contributed by atoms with Gasteiger partial charge in [0.2, 0.25) is 0 Å². The lowest BCUT2D eigenvalue weighted by molar-refractivity contribution is 1.04. The first kappa shape index (κ1) is 12.8. The number of fused-ring (bicyclic) bond motifs is 1. The van der Waals surface area contributed by atoms with E-state index < -0.39 is 0 Å². The molecule has 3 heterocycles. The molecular formula is C12H11N3OS3. The standard InChI is InChI=1S/C12H11N3OS3/c1-6-7(2)19-11-9(6)10(16)14-8(15-11)5-18-12-13-3-4-17-12/h3-4H,5H2,1-2H3,(H,14,15,16). The molecule has 3 aromatic heterocycles. The summed E-state index contributed by atoms with van der Waals surface area (Å²) in [6.07, 6.45) is 1.78. The Hall–Kier alpha value is -1.18. The van der Waals surface area contributed by atoms with Crippen molar-refractivity contribution in [3.63, 3.8) is 0 Å². The number of hydrogen-bond acceptors (Lipinski definition) is 6. The van der Waals surface area contributed by atoms with Gasteiger partial charge in [-0.15, -0.1) is 22.7 Å². The van der Waals surface area contributed by atoms with E-state index in [1.54, 1.807) is 40.6 Å². The van der Waals surface area contributed by atoms with Crippen molar-refractivity contribution < 1.29 is 0 Å². The summed E-state index contributed by atoms with van der Waals surface area (Å²) in [6, 6.07) is 0. The molecule has 0 saturated heterocycles. The summed E-state index contributed by atoms with van der Waals surface area (Å²) in [5, 5.41) is 2.67. The summed E-state index contributed by atoms with van der Waals surface area (Å²) < 4.78 is 0.987. The number of thiophene rings is 1. The number of nitrogens with one attached hydrogen (secondary N) is 1. The van der Waals surface area contributed by atoms with E-state index >= 15 is 0 Å². The zero-order chi connectivity index (χ0) is 13.4. The number of aromatic amines is 1. The number of H-pyrrole nitrogens is 1. The summed E-state index contributed by atoms with van der Waals surface area (Å²) >= 11 is 4.76. The van der Waals surface area contributed by atoms with Crippen LogP contribution in [0, 0.1) is 13.8 Å². The summed E-state index contributed by atoms with van der Waals surface area (Å²) in [4.78, 5) is 25.7. The van der Waals surface area contributed by atoms with Gasteiger partial charge in [0.15, 0.2) is 0 Å². The minimum Gasteiger partial charge on any atom is -0.309 e. The molecule has 1 N–H and O–H groups in total. The van der Waals surface area contributed by atoms with Crippen LogP contribution >= 0.6 is 34.4 Å². The van der Waals surface area contributed by atoms with Crippen molar-refractivity contribution in [1.82, 2.24) is 15.0 Å². The van der Waals surface area contributed by atoms with Gasteiger partial charge in [0.05, 0.1) is 11.1 Å². The van der Waals surface area contributed by atoms with E-state index in [1.807, 2.05) is 19.2 Å². The highest BCUT2D eigenvalue weighted by Crippen LogP contribution is 2.27. The molecule has 0 aliphatic rings. The molecule has 7 heteroatoms. The van der Waals surface area contributed by atoms with E-state index in [1.165, 1.54) is 0 Å². The number of aryl methyl sites for hydroxylation is 2. The lowest BCUT2D eigenvalue weighted by Crippen LogP contribution is -2.10. The van der Waals surface area contributed by atoms with Crippen LogP contribution < -0.4 is 5.56 Å². The highest BCUT2D eigenvalue weighted by Gasteiger charge is 2.12. The Morgan fingerprint density at radius 2 is 2.26 bits per heavy atom. The molecule has 19 heavy (non-hydrogen) atoms. The third kappa shape index (κ3) is 2.45. The van der Waals surface area contributed by atoms with Crippen LogP contribution in [0.2, 0.25) is 0 Å². The fourth-order valence-corrected chi connectivity index (χ4v) is 4.34. The Labute approximate surface area is 121 Å². The summed E-state index contributed by atoms with van der Waals surface area (Å²) in [7, 11) is 0. The van der Waals surface area contributed by atoms with Gasteiger partial charge >= 0.3 is 0 Å². The average Bonchev–Trinajstić information content (AvgIpc) is 2.96. The molecule has 0 aliphatic carbocycles. The first-order valence-corrected chi connectivity index (χ1v) is 8.34. The molecule has 3 aromatic rings. The fraction of sp³-hybridized carbons (Fsp3) is 0.250. The second-order valence-electron chi connectivity index (χ2n) is 4.06. The Balaban J connectivity index is 1.95. The fourth-order valence-electron chi connectivity index (χ4n) is 1.78. The van der Waals surface area contributed by atoms with Gasteiger partial charge < -0.3 is 4.98 Å². The minimum atomic E-state index is -0.0402. The largest absolute Gasteiger partial charge is 0.309 e. The zero-order valence-electron chi connectivity index (χ0n) is 10.4. The molecule has 0 radical (unpaired) electrons.